The van der Waals surface area contributed by atoms with Crippen LogP contribution in [0.5, 0.6) is 0 Å². The first-order chi connectivity index (χ1) is 11.4. The molecule has 1 aromatic heterocycles. The molecule has 0 aliphatic carbocycles. The van der Waals surface area contributed by atoms with Crippen molar-refractivity contribution in [3.05, 3.63) is 52.6 Å². The van der Waals surface area contributed by atoms with Gasteiger partial charge in [0.05, 0.1) is 6.61 Å². The van der Waals surface area contributed by atoms with Gasteiger partial charge in [0.15, 0.2) is 0 Å². The second kappa shape index (κ2) is 7.89. The summed E-state index contributed by atoms with van der Waals surface area (Å²) in [4.78, 5) is 5.01. The van der Waals surface area contributed by atoms with Crippen LogP contribution in [0.2, 0.25) is 0 Å². The molecule has 0 amide bonds. The molecule has 0 bridgehead atoms. The van der Waals surface area contributed by atoms with E-state index >= 15 is 0 Å². The number of nitrogens with zero attached hydrogens (tertiary/aromatic N) is 1. The number of pyridine rings is 1. The van der Waals surface area contributed by atoms with Gasteiger partial charge in [-0.15, -0.1) is 0 Å². The van der Waals surface area contributed by atoms with E-state index in [9.17, 15) is 4.39 Å². The van der Waals surface area contributed by atoms with E-state index < -0.39 is 0 Å². The number of methoxy groups -OCH3 is 1. The monoisotopic (exact) mass is 329 g/mol. The van der Waals surface area contributed by atoms with Crippen LogP contribution in [0, 0.1) is 12.7 Å². The van der Waals surface area contributed by atoms with Crippen molar-refractivity contribution >= 4 is 0 Å². The number of hydrogen-bond acceptors (Lipinski definition) is 2. The van der Waals surface area contributed by atoms with Gasteiger partial charge in [0, 0.05) is 24.1 Å². The lowest BCUT2D eigenvalue weighted by atomic mass is 9.87. The van der Waals surface area contributed by atoms with E-state index in [1.807, 2.05) is 12.1 Å². The highest BCUT2D eigenvalue weighted by molar-refractivity contribution is 5.73. The molecule has 1 heterocycles. The fourth-order valence-corrected chi connectivity index (χ4v) is 3.22. The largest absolute Gasteiger partial charge is 0.380 e. The number of hydrogen-bond donors (Lipinski definition) is 0. The summed E-state index contributed by atoms with van der Waals surface area (Å²) in [5, 5.41) is 0. The Labute approximate surface area is 145 Å². The number of benzene rings is 1. The molecule has 3 heteroatoms. The van der Waals surface area contributed by atoms with Gasteiger partial charge in [-0.1, -0.05) is 39.8 Å². The minimum atomic E-state index is -0.218. The highest BCUT2D eigenvalue weighted by atomic mass is 19.1. The van der Waals surface area contributed by atoms with Crippen molar-refractivity contribution in [3.63, 3.8) is 0 Å². The number of rotatable bonds is 6. The maximum atomic E-state index is 13.4. The molecule has 1 unspecified atom stereocenters. The van der Waals surface area contributed by atoms with Crippen LogP contribution in [0.4, 0.5) is 4.39 Å². The average Bonchev–Trinajstić information content (AvgIpc) is 2.55. The molecule has 2 rings (SSSR count). The van der Waals surface area contributed by atoms with Crippen molar-refractivity contribution in [2.45, 2.75) is 59.5 Å². The third-order valence-electron chi connectivity index (χ3n) is 4.66. The van der Waals surface area contributed by atoms with E-state index in [-0.39, 0.29) is 5.82 Å². The van der Waals surface area contributed by atoms with E-state index in [0.717, 1.165) is 40.1 Å². The van der Waals surface area contributed by atoms with Crippen LogP contribution in [0.25, 0.3) is 11.1 Å². The van der Waals surface area contributed by atoms with Gasteiger partial charge in [-0.2, -0.15) is 0 Å². The van der Waals surface area contributed by atoms with Crippen molar-refractivity contribution < 1.29 is 9.13 Å². The first-order valence-corrected chi connectivity index (χ1v) is 8.68. The van der Waals surface area contributed by atoms with Crippen molar-refractivity contribution in [1.82, 2.24) is 4.98 Å². The van der Waals surface area contributed by atoms with E-state index in [1.54, 1.807) is 7.11 Å². The van der Waals surface area contributed by atoms with Gasteiger partial charge >= 0.3 is 0 Å². The summed E-state index contributed by atoms with van der Waals surface area (Å²) >= 11 is 0. The van der Waals surface area contributed by atoms with Crippen LogP contribution < -0.4 is 0 Å². The van der Waals surface area contributed by atoms with Crippen molar-refractivity contribution in [1.29, 1.82) is 0 Å². The van der Waals surface area contributed by atoms with Gasteiger partial charge in [0.25, 0.3) is 0 Å². The predicted molar refractivity (Wildman–Crippen MR) is 97.9 cm³/mol. The lowest BCUT2D eigenvalue weighted by molar-refractivity contribution is 0.183. The zero-order chi connectivity index (χ0) is 17.9. The Hall–Kier alpha value is -1.74. The lowest BCUT2D eigenvalue weighted by Crippen LogP contribution is -2.12. The molecule has 24 heavy (non-hydrogen) atoms. The molecule has 0 saturated carbocycles. The van der Waals surface area contributed by atoms with Gasteiger partial charge < -0.3 is 4.74 Å². The first kappa shape index (κ1) is 18.6. The molecule has 1 aromatic carbocycles. The highest BCUT2D eigenvalue weighted by Crippen LogP contribution is 2.37. The molecule has 0 fully saturated rings. The molecule has 0 spiro atoms. The Kier molecular flexibility index (Phi) is 6.11. The summed E-state index contributed by atoms with van der Waals surface area (Å²) in [6, 6.07) is 6.73. The first-order valence-electron chi connectivity index (χ1n) is 8.68. The maximum absolute atomic E-state index is 13.4. The second-order valence-corrected chi connectivity index (χ2v) is 6.76. The van der Waals surface area contributed by atoms with Crippen molar-refractivity contribution in [3.8, 4) is 11.1 Å². The third-order valence-corrected chi connectivity index (χ3v) is 4.66. The minimum Gasteiger partial charge on any atom is -0.380 e. The fourth-order valence-electron chi connectivity index (χ4n) is 3.22. The molecule has 0 aliphatic heterocycles. The molecule has 130 valence electrons. The van der Waals surface area contributed by atoms with Crippen LogP contribution in [-0.4, -0.2) is 12.1 Å². The summed E-state index contributed by atoms with van der Waals surface area (Å²) in [5.41, 5.74) is 6.68. The van der Waals surface area contributed by atoms with Crippen LogP contribution in [0.3, 0.4) is 0 Å². The summed E-state index contributed by atoms with van der Waals surface area (Å²) < 4.78 is 18.9. The molecular weight excluding hydrogens is 301 g/mol. The van der Waals surface area contributed by atoms with E-state index in [1.165, 1.54) is 12.1 Å². The Balaban J connectivity index is 2.81. The minimum absolute atomic E-state index is 0.218. The van der Waals surface area contributed by atoms with Crippen LogP contribution in [0.1, 0.15) is 68.5 Å². The highest BCUT2D eigenvalue weighted by Gasteiger charge is 2.22. The smallest absolute Gasteiger partial charge is 0.123 e. The van der Waals surface area contributed by atoms with Gasteiger partial charge in [-0.05, 0) is 54.0 Å². The maximum Gasteiger partial charge on any atom is 0.123 e. The molecule has 0 saturated heterocycles. The lowest BCUT2D eigenvalue weighted by Gasteiger charge is -2.24. The van der Waals surface area contributed by atoms with Gasteiger partial charge in [0.2, 0.25) is 0 Å². The summed E-state index contributed by atoms with van der Waals surface area (Å²) in [5.74, 6) is 0.473. The summed E-state index contributed by atoms with van der Waals surface area (Å²) in [6.45, 7) is 11.3. The average molecular weight is 329 g/mol. The number of aromatic nitrogens is 1. The number of ether oxygens (including phenoxy) is 1. The fraction of sp³-hybridized carbons (Fsp3) is 0.476. The standard InChI is InChI=1S/C21H28FNO/c1-7-14(4)21-18(12-24-6)19(15(5)20(23-21)13(2)3)16-8-10-17(22)11-9-16/h8-11,13-14H,7,12H2,1-6H3. The zero-order valence-corrected chi connectivity index (χ0v) is 15.6. The Morgan fingerprint density at radius 3 is 2.21 bits per heavy atom. The molecule has 0 radical (unpaired) electrons. The molecule has 0 aliphatic rings. The normalized spacial score (nSPS) is 12.7. The SMILES string of the molecule is CCC(C)c1nc(C(C)C)c(C)c(-c2ccc(F)cc2)c1COC. The van der Waals surface area contributed by atoms with E-state index in [2.05, 4.69) is 34.6 Å². The van der Waals surface area contributed by atoms with Crippen LogP contribution in [0.15, 0.2) is 24.3 Å². The van der Waals surface area contributed by atoms with E-state index in [4.69, 9.17) is 9.72 Å². The summed E-state index contributed by atoms with van der Waals surface area (Å²) in [7, 11) is 1.71. The molecule has 0 N–H and O–H groups in total. The van der Waals surface area contributed by atoms with Gasteiger partial charge in [-0.3, -0.25) is 4.98 Å². The molecule has 2 aromatic rings. The Morgan fingerprint density at radius 1 is 1.08 bits per heavy atom. The summed E-state index contributed by atoms with van der Waals surface area (Å²) in [6.07, 6.45) is 1.02. The van der Waals surface area contributed by atoms with Crippen LogP contribution in [-0.2, 0) is 11.3 Å². The quantitative estimate of drug-likeness (QED) is 0.650. The van der Waals surface area contributed by atoms with Crippen molar-refractivity contribution in [2.24, 2.45) is 0 Å². The van der Waals surface area contributed by atoms with E-state index in [0.29, 0.717) is 18.4 Å². The predicted octanol–water partition coefficient (Wildman–Crippen LogP) is 5.98. The van der Waals surface area contributed by atoms with Crippen molar-refractivity contribution in [2.75, 3.05) is 7.11 Å². The second-order valence-electron chi connectivity index (χ2n) is 6.76. The van der Waals surface area contributed by atoms with Gasteiger partial charge in [0.1, 0.15) is 5.82 Å². The molecule has 1 atom stereocenters. The molecular formula is C21H28FNO. The topological polar surface area (TPSA) is 22.1 Å². The molecule has 2 nitrogen and oxygen atoms in total. The number of halogens is 1. The Morgan fingerprint density at radius 2 is 1.71 bits per heavy atom. The Bertz CT molecular complexity index is 692. The zero-order valence-electron chi connectivity index (χ0n) is 15.6. The van der Waals surface area contributed by atoms with Crippen LogP contribution >= 0.6 is 0 Å². The van der Waals surface area contributed by atoms with Gasteiger partial charge in [-0.25, -0.2) is 4.39 Å². The third kappa shape index (κ3) is 3.67.